The van der Waals surface area contributed by atoms with Gasteiger partial charge in [-0.1, -0.05) is 62.7 Å². The summed E-state index contributed by atoms with van der Waals surface area (Å²) < 4.78 is 0. The maximum atomic E-state index is 12.9. The molecular weight excluding hydrogens is 376 g/mol. The first-order valence-electron chi connectivity index (χ1n) is 8.86. The molecule has 1 aliphatic heterocycles. The van der Waals surface area contributed by atoms with Crippen LogP contribution in [0, 0.1) is 6.92 Å². The maximum absolute atomic E-state index is 12.9. The molecule has 0 atom stereocenters. The normalized spacial score (nSPS) is 16.5. The molecule has 1 N–H and O–H groups in total. The lowest BCUT2D eigenvalue weighted by atomic mass is 9.86. The van der Waals surface area contributed by atoms with E-state index in [4.69, 9.17) is 11.6 Å². The van der Waals surface area contributed by atoms with Crippen molar-refractivity contribution in [3.8, 4) is 0 Å². The van der Waals surface area contributed by atoms with Crippen LogP contribution in [0.2, 0.25) is 5.02 Å². The number of carbonyl (C=O) groups excluding carboxylic acids is 3. The van der Waals surface area contributed by atoms with Gasteiger partial charge in [-0.15, -0.1) is 0 Å². The number of anilines is 1. The Morgan fingerprint density at radius 2 is 1.64 bits per heavy atom. The van der Waals surface area contributed by atoms with Gasteiger partial charge in [0.2, 0.25) is 0 Å². The molecule has 2 aromatic rings. The molecule has 144 valence electrons. The average molecular weight is 397 g/mol. The van der Waals surface area contributed by atoms with Crippen molar-refractivity contribution in [1.82, 2.24) is 5.32 Å². The fraction of sp³-hybridized carbons (Fsp3) is 0.227. The first-order chi connectivity index (χ1) is 13.1. The number of halogens is 1. The SMILES string of the molecule is Cc1ccc(N2C(=O)NC(=O)C(=Cc3ccc(C(C)(C)C)cc3)C2=O)cc1Cl. The van der Waals surface area contributed by atoms with Crippen molar-refractivity contribution in [3.05, 3.63) is 69.8 Å². The molecule has 28 heavy (non-hydrogen) atoms. The Kier molecular flexibility index (Phi) is 5.13. The zero-order chi connectivity index (χ0) is 20.6. The zero-order valence-corrected chi connectivity index (χ0v) is 16.9. The predicted octanol–water partition coefficient (Wildman–Crippen LogP) is 4.61. The third-order valence-electron chi connectivity index (χ3n) is 4.60. The van der Waals surface area contributed by atoms with E-state index in [2.05, 4.69) is 26.1 Å². The number of carbonyl (C=O) groups is 3. The van der Waals surface area contributed by atoms with Crippen LogP contribution in [-0.4, -0.2) is 17.8 Å². The number of imide groups is 2. The fourth-order valence-electron chi connectivity index (χ4n) is 2.86. The van der Waals surface area contributed by atoms with E-state index >= 15 is 0 Å². The second kappa shape index (κ2) is 7.24. The number of hydrogen-bond donors (Lipinski definition) is 1. The van der Waals surface area contributed by atoms with Gasteiger partial charge in [0.25, 0.3) is 11.8 Å². The van der Waals surface area contributed by atoms with E-state index in [1.165, 1.54) is 12.1 Å². The molecule has 4 amide bonds. The van der Waals surface area contributed by atoms with E-state index in [-0.39, 0.29) is 11.0 Å². The molecule has 0 saturated carbocycles. The Balaban J connectivity index is 1.97. The van der Waals surface area contributed by atoms with E-state index in [0.717, 1.165) is 16.0 Å². The first-order valence-corrected chi connectivity index (χ1v) is 9.24. The Morgan fingerprint density at radius 1 is 1.00 bits per heavy atom. The monoisotopic (exact) mass is 396 g/mol. The summed E-state index contributed by atoms with van der Waals surface area (Å²) in [7, 11) is 0. The van der Waals surface area contributed by atoms with Gasteiger partial charge >= 0.3 is 6.03 Å². The Bertz CT molecular complexity index is 1000. The molecule has 0 aromatic heterocycles. The van der Waals surface area contributed by atoms with Gasteiger partial charge in [-0.25, -0.2) is 9.69 Å². The number of benzene rings is 2. The highest BCUT2D eigenvalue weighted by molar-refractivity contribution is 6.39. The van der Waals surface area contributed by atoms with Gasteiger partial charge in [0.15, 0.2) is 0 Å². The summed E-state index contributed by atoms with van der Waals surface area (Å²) in [6.45, 7) is 8.14. The fourth-order valence-corrected chi connectivity index (χ4v) is 3.03. The Morgan fingerprint density at radius 3 is 2.21 bits per heavy atom. The molecule has 1 saturated heterocycles. The molecule has 0 bridgehead atoms. The molecule has 1 fully saturated rings. The van der Waals surface area contributed by atoms with Crippen LogP contribution in [0.3, 0.4) is 0 Å². The van der Waals surface area contributed by atoms with Crippen LogP contribution in [0.4, 0.5) is 10.5 Å². The van der Waals surface area contributed by atoms with Crippen molar-refractivity contribution >= 4 is 41.2 Å². The number of barbiturate groups is 1. The number of rotatable bonds is 2. The van der Waals surface area contributed by atoms with Gasteiger partial charge in [0.05, 0.1) is 5.69 Å². The van der Waals surface area contributed by atoms with Crippen molar-refractivity contribution in [2.75, 3.05) is 4.90 Å². The van der Waals surface area contributed by atoms with Crippen LogP contribution in [0.1, 0.15) is 37.5 Å². The quantitative estimate of drug-likeness (QED) is 0.595. The summed E-state index contributed by atoms with van der Waals surface area (Å²) in [5, 5.41) is 2.64. The van der Waals surface area contributed by atoms with Gasteiger partial charge in [-0.3, -0.25) is 14.9 Å². The number of urea groups is 1. The molecule has 0 aliphatic carbocycles. The summed E-state index contributed by atoms with van der Waals surface area (Å²) in [6.07, 6.45) is 1.49. The smallest absolute Gasteiger partial charge is 0.273 e. The zero-order valence-electron chi connectivity index (χ0n) is 16.2. The largest absolute Gasteiger partial charge is 0.335 e. The minimum absolute atomic E-state index is 0.00235. The molecule has 1 heterocycles. The van der Waals surface area contributed by atoms with E-state index in [1.807, 2.05) is 31.2 Å². The lowest BCUT2D eigenvalue weighted by molar-refractivity contribution is -0.122. The van der Waals surface area contributed by atoms with Crippen molar-refractivity contribution in [3.63, 3.8) is 0 Å². The van der Waals surface area contributed by atoms with E-state index in [1.54, 1.807) is 12.1 Å². The molecule has 1 aliphatic rings. The van der Waals surface area contributed by atoms with Crippen LogP contribution in [0.15, 0.2) is 48.0 Å². The number of nitrogens with zero attached hydrogens (tertiary/aromatic N) is 1. The maximum Gasteiger partial charge on any atom is 0.335 e. The molecule has 3 rings (SSSR count). The Hall–Kier alpha value is -2.92. The lowest BCUT2D eigenvalue weighted by Crippen LogP contribution is -2.54. The second-order valence-electron chi connectivity index (χ2n) is 7.76. The van der Waals surface area contributed by atoms with Gasteiger partial charge in [-0.05, 0) is 47.2 Å². The van der Waals surface area contributed by atoms with E-state index in [9.17, 15) is 14.4 Å². The summed E-state index contributed by atoms with van der Waals surface area (Å²) in [4.78, 5) is 38.4. The van der Waals surface area contributed by atoms with E-state index < -0.39 is 17.8 Å². The highest BCUT2D eigenvalue weighted by Crippen LogP contribution is 2.27. The summed E-state index contributed by atoms with van der Waals surface area (Å²) in [5.41, 5.74) is 2.85. The van der Waals surface area contributed by atoms with Crippen molar-refractivity contribution < 1.29 is 14.4 Å². The first kappa shape index (κ1) is 19.8. The average Bonchev–Trinajstić information content (AvgIpc) is 2.61. The molecule has 6 heteroatoms. The Labute approximate surface area is 169 Å². The molecule has 0 spiro atoms. The minimum Gasteiger partial charge on any atom is -0.273 e. The molecule has 0 unspecified atom stereocenters. The number of aryl methyl sites for hydroxylation is 1. The summed E-state index contributed by atoms with van der Waals surface area (Å²) in [5.74, 6) is -1.40. The highest BCUT2D eigenvalue weighted by Gasteiger charge is 2.36. The van der Waals surface area contributed by atoms with Gasteiger partial charge < -0.3 is 0 Å². The number of hydrogen-bond acceptors (Lipinski definition) is 3. The van der Waals surface area contributed by atoms with Crippen molar-refractivity contribution in [2.24, 2.45) is 0 Å². The topological polar surface area (TPSA) is 66.5 Å². The van der Waals surface area contributed by atoms with Gasteiger partial charge in [0.1, 0.15) is 5.57 Å². The second-order valence-corrected chi connectivity index (χ2v) is 8.17. The van der Waals surface area contributed by atoms with Crippen LogP contribution in [0.25, 0.3) is 6.08 Å². The van der Waals surface area contributed by atoms with Gasteiger partial charge in [0, 0.05) is 5.02 Å². The predicted molar refractivity (Wildman–Crippen MR) is 110 cm³/mol. The van der Waals surface area contributed by atoms with Crippen LogP contribution in [-0.2, 0) is 15.0 Å². The summed E-state index contributed by atoms with van der Waals surface area (Å²) >= 11 is 6.12. The number of amides is 4. The lowest BCUT2D eigenvalue weighted by Gasteiger charge is -2.26. The highest BCUT2D eigenvalue weighted by atomic mass is 35.5. The van der Waals surface area contributed by atoms with Crippen LogP contribution < -0.4 is 10.2 Å². The van der Waals surface area contributed by atoms with Crippen LogP contribution >= 0.6 is 11.6 Å². The molecular formula is C22H21ClN2O3. The molecule has 2 aromatic carbocycles. The molecule has 5 nitrogen and oxygen atoms in total. The summed E-state index contributed by atoms with van der Waals surface area (Å²) in [6, 6.07) is 11.7. The standard InChI is InChI=1S/C22H21ClN2O3/c1-13-5-10-16(12-18(13)23)25-20(27)17(19(26)24-21(25)28)11-14-6-8-15(9-7-14)22(2,3)4/h5-12H,1-4H3,(H,24,26,28). The molecule has 0 radical (unpaired) electrons. The van der Waals surface area contributed by atoms with Crippen LogP contribution in [0.5, 0.6) is 0 Å². The van der Waals surface area contributed by atoms with Crippen molar-refractivity contribution in [1.29, 1.82) is 0 Å². The van der Waals surface area contributed by atoms with Crippen molar-refractivity contribution in [2.45, 2.75) is 33.1 Å². The minimum atomic E-state index is -0.796. The number of nitrogens with one attached hydrogen (secondary N) is 1. The van der Waals surface area contributed by atoms with E-state index in [0.29, 0.717) is 16.3 Å². The van der Waals surface area contributed by atoms with Gasteiger partial charge in [-0.2, -0.15) is 0 Å². The third kappa shape index (κ3) is 3.85. The third-order valence-corrected chi connectivity index (χ3v) is 5.01.